The molecule has 9 nitrogen and oxygen atoms in total. The van der Waals surface area contributed by atoms with Gasteiger partial charge < -0.3 is 4.90 Å². The van der Waals surface area contributed by atoms with Gasteiger partial charge in [-0.3, -0.25) is 14.0 Å². The number of aromatic nitrogens is 8. The van der Waals surface area contributed by atoms with Crippen molar-refractivity contribution in [2.24, 2.45) is 13.0 Å². The molecule has 1 aliphatic carbocycles. The first-order chi connectivity index (χ1) is 19.3. The third kappa shape index (κ3) is 5.34. The van der Waals surface area contributed by atoms with Crippen molar-refractivity contribution < 1.29 is 0 Å². The topological polar surface area (TPSA) is 82.5 Å². The molecule has 0 saturated carbocycles. The summed E-state index contributed by atoms with van der Waals surface area (Å²) in [5.74, 6) is 1.34. The first-order valence-electron chi connectivity index (χ1n) is 14.1. The monoisotopic (exact) mass is 535 g/mol. The molecule has 9 heteroatoms. The van der Waals surface area contributed by atoms with Gasteiger partial charge in [0.2, 0.25) is 0 Å². The Morgan fingerprint density at radius 3 is 2.50 bits per heavy atom. The van der Waals surface area contributed by atoms with Gasteiger partial charge in [0.25, 0.3) is 0 Å². The third-order valence-electron chi connectivity index (χ3n) is 7.39. The molecule has 0 fully saturated rings. The summed E-state index contributed by atoms with van der Waals surface area (Å²) in [6.45, 7) is 7.14. The number of rotatable bonds is 9. The van der Waals surface area contributed by atoms with E-state index in [-0.39, 0.29) is 0 Å². The molecule has 0 aliphatic heterocycles. The van der Waals surface area contributed by atoms with Gasteiger partial charge in [-0.2, -0.15) is 15.3 Å². The lowest BCUT2D eigenvalue weighted by atomic mass is 9.91. The van der Waals surface area contributed by atoms with Crippen LogP contribution in [0.2, 0.25) is 0 Å². The van der Waals surface area contributed by atoms with Crippen molar-refractivity contribution in [1.29, 1.82) is 0 Å². The van der Waals surface area contributed by atoms with Crippen LogP contribution in [-0.4, -0.2) is 64.8 Å². The van der Waals surface area contributed by atoms with Crippen LogP contribution in [0.1, 0.15) is 36.6 Å². The smallest absolute Gasteiger partial charge is 0.134 e. The van der Waals surface area contributed by atoms with Crippen molar-refractivity contribution in [3.63, 3.8) is 0 Å². The maximum Gasteiger partial charge on any atom is 0.134 e. The molecule has 1 aliphatic rings. The number of benzene rings is 1. The van der Waals surface area contributed by atoms with Gasteiger partial charge in [0.05, 0.1) is 41.9 Å². The van der Waals surface area contributed by atoms with Gasteiger partial charge in [0, 0.05) is 55.4 Å². The highest BCUT2D eigenvalue weighted by atomic mass is 15.3. The third-order valence-corrected chi connectivity index (χ3v) is 7.39. The second-order valence-electron chi connectivity index (χ2n) is 11.4. The van der Waals surface area contributed by atoms with Gasteiger partial charge in [-0.15, -0.1) is 0 Å². The normalized spacial score (nSPS) is 12.8. The fraction of sp³-hybridized carbons (Fsp3) is 0.387. The number of fused-ring (bicyclic) bond motifs is 3. The quantitative estimate of drug-likeness (QED) is 0.276. The lowest BCUT2D eigenvalue weighted by molar-refractivity contribution is 0.372. The van der Waals surface area contributed by atoms with Crippen LogP contribution in [0.4, 0.5) is 0 Å². The molecule has 1 aromatic carbocycles. The second kappa shape index (κ2) is 10.8. The zero-order valence-corrected chi connectivity index (χ0v) is 24.0. The van der Waals surface area contributed by atoms with Crippen LogP contribution >= 0.6 is 0 Å². The molecule has 0 radical (unpaired) electrons. The van der Waals surface area contributed by atoms with Gasteiger partial charge in [-0.1, -0.05) is 38.1 Å². The molecule has 40 heavy (non-hydrogen) atoms. The van der Waals surface area contributed by atoms with E-state index in [4.69, 9.17) is 20.2 Å². The fourth-order valence-electron chi connectivity index (χ4n) is 5.41. The Kier molecular flexibility index (Phi) is 7.06. The molecule has 6 rings (SSSR count). The van der Waals surface area contributed by atoms with E-state index in [0.29, 0.717) is 12.3 Å². The Bertz CT molecular complexity index is 1620. The van der Waals surface area contributed by atoms with Crippen molar-refractivity contribution >= 4 is 0 Å². The van der Waals surface area contributed by atoms with Crippen molar-refractivity contribution in [2.75, 3.05) is 20.6 Å². The molecule has 4 aromatic heterocycles. The van der Waals surface area contributed by atoms with Crippen LogP contribution in [0.5, 0.6) is 0 Å². The van der Waals surface area contributed by atoms with Gasteiger partial charge >= 0.3 is 0 Å². The molecule has 206 valence electrons. The number of hydrogen-bond donors (Lipinski definition) is 0. The summed E-state index contributed by atoms with van der Waals surface area (Å²) in [6.07, 6.45) is 10.5. The summed E-state index contributed by atoms with van der Waals surface area (Å²) in [5.41, 5.74) is 9.89. The number of nitrogens with zero attached hydrogens (tertiary/aromatic N) is 9. The molecule has 5 aromatic rings. The molecule has 0 amide bonds. The van der Waals surface area contributed by atoms with Crippen LogP contribution in [0.3, 0.4) is 0 Å². The van der Waals surface area contributed by atoms with Crippen LogP contribution < -0.4 is 0 Å². The van der Waals surface area contributed by atoms with E-state index in [9.17, 15) is 0 Å². The predicted octanol–water partition coefficient (Wildman–Crippen LogP) is 4.51. The van der Waals surface area contributed by atoms with E-state index in [2.05, 4.69) is 74.5 Å². The van der Waals surface area contributed by atoms with Crippen LogP contribution in [0, 0.1) is 5.92 Å². The van der Waals surface area contributed by atoms with Gasteiger partial charge in [0.1, 0.15) is 5.82 Å². The van der Waals surface area contributed by atoms with Gasteiger partial charge in [-0.25, -0.2) is 9.97 Å². The maximum absolute atomic E-state index is 5.09. The number of likely N-dealkylation sites (N-methyl/N-ethyl adjacent to an activating group) is 1. The van der Waals surface area contributed by atoms with Crippen LogP contribution in [-0.2, 0) is 39.4 Å². The summed E-state index contributed by atoms with van der Waals surface area (Å²) in [4.78, 5) is 12.0. The average Bonchev–Trinajstić information content (AvgIpc) is 3.66. The van der Waals surface area contributed by atoms with Crippen molar-refractivity contribution in [2.45, 2.75) is 46.2 Å². The highest BCUT2D eigenvalue weighted by Crippen LogP contribution is 2.39. The molecule has 0 spiro atoms. The van der Waals surface area contributed by atoms with E-state index in [1.165, 1.54) is 5.56 Å². The Morgan fingerprint density at radius 1 is 0.925 bits per heavy atom. The Labute approximate surface area is 235 Å². The maximum atomic E-state index is 5.09. The fourth-order valence-corrected chi connectivity index (χ4v) is 5.41. The predicted molar refractivity (Wildman–Crippen MR) is 157 cm³/mol. The largest absolute Gasteiger partial charge is 0.308 e. The molecule has 0 saturated heterocycles. The molecular formula is C31H37N9. The molecule has 0 unspecified atom stereocenters. The molecule has 0 bridgehead atoms. The van der Waals surface area contributed by atoms with Crippen molar-refractivity contribution in [1.82, 2.24) is 44.2 Å². The number of aryl methyl sites for hydroxylation is 3. The molecule has 0 atom stereocenters. The van der Waals surface area contributed by atoms with Crippen molar-refractivity contribution in [3.05, 3.63) is 77.9 Å². The van der Waals surface area contributed by atoms with E-state index in [1.807, 2.05) is 39.7 Å². The summed E-state index contributed by atoms with van der Waals surface area (Å²) >= 11 is 0. The number of hydrogen-bond acceptors (Lipinski definition) is 6. The second-order valence-corrected chi connectivity index (χ2v) is 11.4. The Hall–Kier alpha value is -4.11. The summed E-state index contributed by atoms with van der Waals surface area (Å²) in [6, 6.07) is 10.8. The van der Waals surface area contributed by atoms with E-state index in [1.54, 1.807) is 0 Å². The summed E-state index contributed by atoms with van der Waals surface area (Å²) in [5, 5.41) is 14.2. The molecule has 4 heterocycles. The standard InChI is InChI=1S/C31H37N9/c1-21(2)19-40-20-25(18-33-40)22-6-8-23(9-7-22)31-29-27(36-38(31)5)11-10-24-17-32-28(34-30(24)29)16-26-12-13-39(35-26)15-14-37(3)4/h6-9,12-13,17-18,20-21H,10-11,14-16,19H2,1-5H3. The highest BCUT2D eigenvalue weighted by molar-refractivity contribution is 5.84. The van der Waals surface area contributed by atoms with Crippen LogP contribution in [0.15, 0.2) is 55.1 Å². The summed E-state index contributed by atoms with van der Waals surface area (Å²) in [7, 11) is 6.17. The SMILES string of the molecule is CC(C)Cn1cc(-c2ccc(-c3c4c(nn3C)CCc3cnc(Cc5ccn(CCN(C)C)n5)nc3-4)cc2)cn1. The lowest BCUT2D eigenvalue weighted by Crippen LogP contribution is -2.18. The van der Waals surface area contributed by atoms with Gasteiger partial charge in [0.15, 0.2) is 0 Å². The van der Waals surface area contributed by atoms with Crippen LogP contribution in [0.25, 0.3) is 33.6 Å². The Morgan fingerprint density at radius 2 is 1.73 bits per heavy atom. The first-order valence-corrected chi connectivity index (χ1v) is 14.1. The average molecular weight is 536 g/mol. The zero-order valence-electron chi connectivity index (χ0n) is 24.0. The minimum atomic E-state index is 0.559. The minimum Gasteiger partial charge on any atom is -0.308 e. The van der Waals surface area contributed by atoms with Gasteiger partial charge in [-0.05, 0) is 50.0 Å². The van der Waals surface area contributed by atoms with Crippen molar-refractivity contribution in [3.8, 4) is 33.6 Å². The zero-order chi connectivity index (χ0) is 27.8. The Balaban J connectivity index is 1.28. The minimum absolute atomic E-state index is 0.559. The van der Waals surface area contributed by atoms with E-state index in [0.717, 1.165) is 83.3 Å². The summed E-state index contributed by atoms with van der Waals surface area (Å²) < 4.78 is 6.02. The van der Waals surface area contributed by atoms with E-state index >= 15 is 0 Å². The highest BCUT2D eigenvalue weighted by Gasteiger charge is 2.27. The molecular weight excluding hydrogens is 498 g/mol. The van der Waals surface area contributed by atoms with E-state index < -0.39 is 0 Å². The first kappa shape index (κ1) is 26.1. The molecule has 0 N–H and O–H groups in total. The lowest BCUT2D eigenvalue weighted by Gasteiger charge is -2.16.